The third kappa shape index (κ3) is 2.48. The Balaban J connectivity index is 1.48. The number of aliphatic hydroxyl groups is 2. The summed E-state index contributed by atoms with van der Waals surface area (Å²) in [6.45, 7) is 3.10. The van der Waals surface area contributed by atoms with E-state index in [2.05, 4.69) is 10.2 Å². The molecular formula is C24H30N2O6. The van der Waals surface area contributed by atoms with Crippen molar-refractivity contribution in [3.63, 3.8) is 0 Å². The molecule has 2 bridgehead atoms. The van der Waals surface area contributed by atoms with E-state index in [0.717, 1.165) is 24.2 Å². The Hall–Kier alpha value is -2.16. The summed E-state index contributed by atoms with van der Waals surface area (Å²) in [5.74, 6) is -0.991. The van der Waals surface area contributed by atoms with Crippen LogP contribution in [0.4, 0.5) is 0 Å². The lowest BCUT2D eigenvalue weighted by atomic mass is 9.47. The summed E-state index contributed by atoms with van der Waals surface area (Å²) >= 11 is 0. The van der Waals surface area contributed by atoms with Gasteiger partial charge >= 0.3 is 0 Å². The van der Waals surface area contributed by atoms with Crippen LogP contribution in [-0.4, -0.2) is 75.4 Å². The molecule has 3 fully saturated rings. The first kappa shape index (κ1) is 20.4. The van der Waals surface area contributed by atoms with Gasteiger partial charge < -0.3 is 25.4 Å². The lowest BCUT2D eigenvalue weighted by Crippen LogP contribution is -2.78. The molecule has 2 aliphatic heterocycles. The molecule has 6 atom stereocenters. The summed E-state index contributed by atoms with van der Waals surface area (Å²) in [6.07, 6.45) is 2.57. The third-order valence-electron chi connectivity index (χ3n) is 8.61. The number of aliphatic hydroxyl groups excluding tert-OH is 1. The van der Waals surface area contributed by atoms with Crippen LogP contribution in [0.2, 0.25) is 0 Å². The van der Waals surface area contributed by atoms with E-state index in [1.807, 2.05) is 6.07 Å². The second-order valence-electron chi connectivity index (χ2n) is 10.5. The first-order valence-corrected chi connectivity index (χ1v) is 11.7. The highest BCUT2D eigenvalue weighted by Gasteiger charge is 2.75. The summed E-state index contributed by atoms with van der Waals surface area (Å²) in [5, 5.41) is 35.0. The van der Waals surface area contributed by atoms with Gasteiger partial charge in [-0.25, -0.2) is 0 Å². The monoisotopic (exact) mass is 442 g/mol. The van der Waals surface area contributed by atoms with Gasteiger partial charge in [0.25, 0.3) is 0 Å². The summed E-state index contributed by atoms with van der Waals surface area (Å²) in [5.41, 5.74) is -0.492. The molecular weight excluding hydrogens is 412 g/mol. The minimum atomic E-state index is -1.32. The number of nitrogens with one attached hydrogen (secondary N) is 1. The number of carbonyl (C=O) groups is 2. The Morgan fingerprint density at radius 1 is 1.38 bits per heavy atom. The molecule has 8 nitrogen and oxygen atoms in total. The number of Topliss-reactive ketones (excluding diaryl/α,β-unsaturated/α-hetero) is 1. The zero-order valence-corrected chi connectivity index (χ0v) is 18.2. The van der Waals surface area contributed by atoms with Crippen LogP contribution in [0.5, 0.6) is 11.5 Å². The fourth-order valence-electron chi connectivity index (χ4n) is 6.91. The molecule has 1 aromatic carbocycles. The van der Waals surface area contributed by atoms with Gasteiger partial charge in [-0.2, -0.15) is 0 Å². The molecule has 3 aliphatic carbocycles. The summed E-state index contributed by atoms with van der Waals surface area (Å²) < 4.78 is 6.12. The van der Waals surface area contributed by atoms with Crippen LogP contribution in [0.25, 0.3) is 0 Å². The van der Waals surface area contributed by atoms with Crippen molar-refractivity contribution in [1.82, 2.24) is 10.2 Å². The van der Waals surface area contributed by atoms with Crippen molar-refractivity contribution in [2.75, 3.05) is 19.7 Å². The average molecular weight is 443 g/mol. The van der Waals surface area contributed by atoms with Gasteiger partial charge in [0.05, 0.1) is 17.6 Å². The maximum atomic E-state index is 13.6. The molecule has 1 unspecified atom stereocenters. The van der Waals surface area contributed by atoms with Gasteiger partial charge in [0.2, 0.25) is 5.91 Å². The highest BCUT2D eigenvalue weighted by atomic mass is 16.5. The first-order valence-electron chi connectivity index (χ1n) is 11.7. The van der Waals surface area contributed by atoms with Crippen LogP contribution in [0.1, 0.15) is 43.7 Å². The van der Waals surface area contributed by atoms with Gasteiger partial charge in [0.1, 0.15) is 5.92 Å². The fraction of sp³-hybridized carbons (Fsp3) is 0.667. The number of nitrogens with zero attached hydrogens (tertiary/aromatic N) is 1. The van der Waals surface area contributed by atoms with Gasteiger partial charge in [-0.1, -0.05) is 6.07 Å². The normalized spacial score (nSPS) is 38.1. The van der Waals surface area contributed by atoms with Crippen molar-refractivity contribution in [3.8, 4) is 11.5 Å². The van der Waals surface area contributed by atoms with E-state index in [0.29, 0.717) is 18.8 Å². The molecule has 1 saturated heterocycles. The largest absolute Gasteiger partial charge is 0.504 e. The van der Waals surface area contributed by atoms with E-state index in [1.54, 1.807) is 13.0 Å². The van der Waals surface area contributed by atoms with E-state index in [9.17, 15) is 24.9 Å². The molecule has 6 rings (SSSR count). The first-order chi connectivity index (χ1) is 15.3. The molecule has 8 heteroatoms. The predicted molar refractivity (Wildman–Crippen MR) is 113 cm³/mol. The standard InChI is InChI=1S/C24H30N2O6/c1-12(11-27)25-22(30)15-9-24(31)17-8-14-4-5-16(28)20-18(14)23(24,21(32-20)19(15)29)6-7-26(17)10-13-2-3-13/h4-5,12-13,15,17,21,27-28,31H,2-3,6-11H2,1H3,(H,25,30)/t12-,15?,17+,21-,23-,24+/m0/s1. The maximum absolute atomic E-state index is 13.6. The van der Waals surface area contributed by atoms with Gasteiger partial charge in [-0.3, -0.25) is 14.5 Å². The van der Waals surface area contributed by atoms with Crippen molar-refractivity contribution in [3.05, 3.63) is 23.3 Å². The zero-order valence-electron chi connectivity index (χ0n) is 18.2. The smallest absolute Gasteiger partial charge is 0.231 e. The molecule has 0 aromatic heterocycles. The molecule has 1 spiro atoms. The maximum Gasteiger partial charge on any atom is 0.231 e. The molecule has 2 heterocycles. The summed E-state index contributed by atoms with van der Waals surface area (Å²) in [4.78, 5) is 29.0. The van der Waals surface area contributed by atoms with Crippen LogP contribution in [-0.2, 0) is 21.4 Å². The highest BCUT2D eigenvalue weighted by molar-refractivity contribution is 6.06. The fourth-order valence-corrected chi connectivity index (χ4v) is 6.91. The minimum Gasteiger partial charge on any atom is -0.504 e. The predicted octanol–water partition coefficient (Wildman–Crippen LogP) is 0.249. The number of piperidine rings is 1. The van der Waals surface area contributed by atoms with Gasteiger partial charge in [-0.15, -0.1) is 0 Å². The number of likely N-dealkylation sites (tertiary alicyclic amines) is 1. The SMILES string of the molecule is C[C@@H](CO)NC(=O)C1C[C@@]2(O)[C@H]3Cc4ccc(O)c5c4[C@@]2(CCN3CC2CC2)[C@@H](O5)C1=O. The van der Waals surface area contributed by atoms with Crippen molar-refractivity contribution in [2.24, 2.45) is 11.8 Å². The molecule has 0 radical (unpaired) electrons. The number of hydrogen-bond acceptors (Lipinski definition) is 7. The number of carbonyl (C=O) groups excluding carboxylic acids is 2. The number of benzene rings is 1. The van der Waals surface area contributed by atoms with E-state index in [1.165, 1.54) is 12.8 Å². The molecule has 5 aliphatic rings. The van der Waals surface area contributed by atoms with Crippen molar-refractivity contribution < 1.29 is 29.6 Å². The topological polar surface area (TPSA) is 119 Å². The number of phenolic OH excluding ortho intramolecular Hbond substituents is 1. The Kier molecular flexibility index (Phi) is 4.27. The second kappa shape index (κ2) is 6.68. The van der Waals surface area contributed by atoms with Crippen molar-refractivity contribution >= 4 is 11.7 Å². The number of amides is 1. The number of rotatable bonds is 5. The second-order valence-corrected chi connectivity index (χ2v) is 10.5. The summed E-state index contributed by atoms with van der Waals surface area (Å²) in [6, 6.07) is 2.78. The highest BCUT2D eigenvalue weighted by Crippen LogP contribution is 2.65. The molecule has 4 N–H and O–H groups in total. The Morgan fingerprint density at radius 3 is 2.88 bits per heavy atom. The average Bonchev–Trinajstić information content (AvgIpc) is 3.50. The molecule has 32 heavy (non-hydrogen) atoms. The lowest BCUT2D eigenvalue weighted by molar-refractivity contribution is -0.198. The number of hydrogen-bond donors (Lipinski definition) is 4. The van der Waals surface area contributed by atoms with Crippen LogP contribution in [0.3, 0.4) is 0 Å². The van der Waals surface area contributed by atoms with Crippen molar-refractivity contribution in [1.29, 1.82) is 0 Å². The van der Waals surface area contributed by atoms with Crippen LogP contribution >= 0.6 is 0 Å². The van der Waals surface area contributed by atoms with Crippen molar-refractivity contribution in [2.45, 2.75) is 68.2 Å². The number of ether oxygens (including phenoxy) is 1. The Labute approximate surface area is 186 Å². The van der Waals surface area contributed by atoms with E-state index in [4.69, 9.17) is 4.74 Å². The number of aromatic hydroxyl groups is 1. The minimum absolute atomic E-state index is 0.0239. The quantitative estimate of drug-likeness (QED) is 0.483. The third-order valence-corrected chi connectivity index (χ3v) is 8.61. The Morgan fingerprint density at radius 2 is 2.16 bits per heavy atom. The van der Waals surface area contributed by atoms with E-state index in [-0.39, 0.29) is 36.4 Å². The van der Waals surface area contributed by atoms with Crippen LogP contribution < -0.4 is 10.1 Å². The Bertz CT molecular complexity index is 1010. The van der Waals surface area contributed by atoms with Crippen LogP contribution in [0.15, 0.2) is 12.1 Å². The van der Waals surface area contributed by atoms with E-state index >= 15 is 0 Å². The van der Waals surface area contributed by atoms with Gasteiger partial charge in [-0.05, 0) is 63.1 Å². The molecule has 172 valence electrons. The van der Waals surface area contributed by atoms with Gasteiger partial charge in [0.15, 0.2) is 23.4 Å². The molecule has 2 saturated carbocycles. The van der Waals surface area contributed by atoms with Gasteiger partial charge in [0, 0.05) is 24.2 Å². The molecule has 1 aromatic rings. The summed E-state index contributed by atoms with van der Waals surface area (Å²) in [7, 11) is 0. The number of phenols is 1. The van der Waals surface area contributed by atoms with E-state index < -0.39 is 35.0 Å². The zero-order chi connectivity index (χ0) is 22.4. The van der Waals surface area contributed by atoms with Crippen LogP contribution in [0, 0.1) is 11.8 Å². The lowest BCUT2D eigenvalue weighted by Gasteiger charge is -2.63. The molecule has 1 amide bonds. The number of ketones is 1.